The van der Waals surface area contributed by atoms with Crippen LogP contribution in [0.5, 0.6) is 23.0 Å². The quantitative estimate of drug-likeness (QED) is 0.347. The van der Waals surface area contributed by atoms with Crippen molar-refractivity contribution >= 4 is 33.8 Å². The lowest BCUT2D eigenvalue weighted by atomic mass is 10.2. The van der Waals surface area contributed by atoms with Gasteiger partial charge < -0.3 is 24.8 Å². The predicted molar refractivity (Wildman–Crippen MR) is 126 cm³/mol. The molecule has 0 saturated heterocycles. The summed E-state index contributed by atoms with van der Waals surface area (Å²) in [6, 6.07) is 22.1. The number of benzene rings is 3. The molecule has 1 aromatic heterocycles. The third kappa shape index (κ3) is 4.98. The Morgan fingerprint density at radius 1 is 0.844 bits per heavy atom. The third-order valence-corrected chi connectivity index (χ3v) is 5.25. The van der Waals surface area contributed by atoms with Crippen molar-refractivity contribution in [3.05, 3.63) is 83.9 Å². The van der Waals surface area contributed by atoms with Crippen LogP contribution in [-0.2, 0) is 0 Å². The molecule has 2 N–H and O–H groups in total. The van der Waals surface area contributed by atoms with Gasteiger partial charge in [-0.2, -0.15) is 0 Å². The predicted octanol–water partition coefficient (Wildman–Crippen LogP) is 5.95. The van der Waals surface area contributed by atoms with Crippen LogP contribution in [0.25, 0.3) is 0 Å². The molecule has 1 amide bonds. The zero-order valence-corrected chi connectivity index (χ0v) is 18.3. The number of rotatable bonds is 8. The first-order valence-corrected chi connectivity index (χ1v) is 10.6. The monoisotopic (exact) mass is 447 g/mol. The number of hydrogen-bond donors (Lipinski definition) is 2. The summed E-state index contributed by atoms with van der Waals surface area (Å²) in [6.07, 6.45) is 0. The molecule has 7 nitrogen and oxygen atoms in total. The number of aromatic nitrogens is 1. The Bertz CT molecular complexity index is 1210. The first kappa shape index (κ1) is 21.2. The van der Waals surface area contributed by atoms with Gasteiger partial charge >= 0.3 is 0 Å². The van der Waals surface area contributed by atoms with E-state index in [1.54, 1.807) is 37.8 Å². The number of hydrogen-bond acceptors (Lipinski definition) is 7. The number of methoxy groups -OCH3 is 2. The first-order chi connectivity index (χ1) is 15.7. The minimum Gasteiger partial charge on any atom is -0.497 e. The zero-order chi connectivity index (χ0) is 22.3. The fourth-order valence-corrected chi connectivity index (χ4v) is 3.62. The Hall–Kier alpha value is -4.04. The number of anilines is 3. The summed E-state index contributed by atoms with van der Waals surface area (Å²) in [7, 11) is 3.17. The standard InChI is InChI=1S/C24H21N3O4S/c1-29-17-12-13-19(22(14-17)30-2)26-24-27-20(15-32-24)23(28)25-18-10-6-7-11-21(18)31-16-8-4-3-5-9-16/h3-15H,1-2H3,(H,25,28)(H,26,27). The highest BCUT2D eigenvalue weighted by Crippen LogP contribution is 2.33. The van der Waals surface area contributed by atoms with E-state index in [1.165, 1.54) is 11.3 Å². The van der Waals surface area contributed by atoms with Gasteiger partial charge in [-0.25, -0.2) is 4.98 Å². The van der Waals surface area contributed by atoms with Gasteiger partial charge in [-0.15, -0.1) is 11.3 Å². The van der Waals surface area contributed by atoms with E-state index in [0.717, 1.165) is 5.69 Å². The molecule has 4 rings (SSSR count). The van der Waals surface area contributed by atoms with E-state index in [-0.39, 0.29) is 5.91 Å². The molecule has 0 unspecified atom stereocenters. The number of para-hydroxylation sites is 3. The number of carbonyl (C=O) groups is 1. The molecule has 0 bridgehead atoms. The molecule has 8 heteroatoms. The SMILES string of the molecule is COc1ccc(Nc2nc(C(=O)Nc3ccccc3Oc3ccccc3)cs2)c(OC)c1. The molecule has 0 atom stereocenters. The second kappa shape index (κ2) is 9.84. The minimum atomic E-state index is -0.333. The summed E-state index contributed by atoms with van der Waals surface area (Å²) in [4.78, 5) is 17.2. The Kier molecular flexibility index (Phi) is 6.52. The van der Waals surface area contributed by atoms with Gasteiger partial charge in [0.2, 0.25) is 0 Å². The molecule has 0 radical (unpaired) electrons. The van der Waals surface area contributed by atoms with Gasteiger partial charge in [0.25, 0.3) is 5.91 Å². The fourth-order valence-electron chi connectivity index (χ4n) is 2.91. The van der Waals surface area contributed by atoms with Crippen molar-refractivity contribution in [2.24, 2.45) is 0 Å². The van der Waals surface area contributed by atoms with E-state index in [9.17, 15) is 4.79 Å². The molecule has 0 spiro atoms. The normalized spacial score (nSPS) is 10.3. The average Bonchev–Trinajstić information content (AvgIpc) is 3.30. The minimum absolute atomic E-state index is 0.291. The lowest BCUT2D eigenvalue weighted by molar-refractivity contribution is 0.102. The van der Waals surface area contributed by atoms with E-state index >= 15 is 0 Å². The largest absolute Gasteiger partial charge is 0.497 e. The van der Waals surface area contributed by atoms with Crippen LogP contribution in [0, 0.1) is 0 Å². The van der Waals surface area contributed by atoms with Crippen LogP contribution < -0.4 is 24.8 Å². The lowest BCUT2D eigenvalue weighted by Gasteiger charge is -2.11. The molecule has 0 saturated carbocycles. The summed E-state index contributed by atoms with van der Waals surface area (Å²) in [5.41, 5.74) is 1.57. The van der Waals surface area contributed by atoms with Crippen LogP contribution in [-0.4, -0.2) is 25.1 Å². The summed E-state index contributed by atoms with van der Waals surface area (Å²) in [5, 5.41) is 8.30. The van der Waals surface area contributed by atoms with Crippen LogP contribution in [0.3, 0.4) is 0 Å². The molecule has 162 valence electrons. The molecule has 3 aromatic carbocycles. The Morgan fingerprint density at radius 2 is 1.62 bits per heavy atom. The summed E-state index contributed by atoms with van der Waals surface area (Å²) >= 11 is 1.32. The Labute approximate surface area is 189 Å². The highest BCUT2D eigenvalue weighted by atomic mass is 32.1. The highest BCUT2D eigenvalue weighted by molar-refractivity contribution is 7.14. The maximum absolute atomic E-state index is 12.8. The fraction of sp³-hybridized carbons (Fsp3) is 0.0833. The number of carbonyl (C=O) groups excluding carboxylic acids is 1. The van der Waals surface area contributed by atoms with Gasteiger partial charge in [0.05, 0.1) is 25.6 Å². The van der Waals surface area contributed by atoms with Crippen LogP contribution >= 0.6 is 11.3 Å². The van der Waals surface area contributed by atoms with Crippen LogP contribution in [0.2, 0.25) is 0 Å². The second-order valence-corrected chi connectivity index (χ2v) is 7.45. The topological polar surface area (TPSA) is 81.7 Å². The van der Waals surface area contributed by atoms with E-state index in [0.29, 0.717) is 39.5 Å². The van der Waals surface area contributed by atoms with Gasteiger partial charge in [-0.3, -0.25) is 4.79 Å². The van der Waals surface area contributed by atoms with Crippen LogP contribution in [0.1, 0.15) is 10.5 Å². The molecule has 0 aliphatic rings. The van der Waals surface area contributed by atoms with Crippen molar-refractivity contribution in [1.82, 2.24) is 4.98 Å². The molecule has 32 heavy (non-hydrogen) atoms. The summed E-state index contributed by atoms with van der Waals surface area (Å²) in [6.45, 7) is 0. The van der Waals surface area contributed by atoms with E-state index in [4.69, 9.17) is 14.2 Å². The smallest absolute Gasteiger partial charge is 0.275 e. The van der Waals surface area contributed by atoms with Crippen molar-refractivity contribution in [2.45, 2.75) is 0 Å². The highest BCUT2D eigenvalue weighted by Gasteiger charge is 2.15. The van der Waals surface area contributed by atoms with Crippen molar-refractivity contribution in [3.63, 3.8) is 0 Å². The Balaban J connectivity index is 1.47. The number of ether oxygens (including phenoxy) is 3. The average molecular weight is 448 g/mol. The van der Waals surface area contributed by atoms with Gasteiger partial charge in [0.15, 0.2) is 10.9 Å². The first-order valence-electron chi connectivity index (χ1n) is 9.74. The van der Waals surface area contributed by atoms with Crippen LogP contribution in [0.15, 0.2) is 78.2 Å². The lowest BCUT2D eigenvalue weighted by Crippen LogP contribution is -2.13. The maximum atomic E-state index is 12.8. The van der Waals surface area contributed by atoms with Crippen molar-refractivity contribution < 1.29 is 19.0 Å². The zero-order valence-electron chi connectivity index (χ0n) is 17.5. The van der Waals surface area contributed by atoms with Gasteiger partial charge in [0.1, 0.15) is 22.9 Å². The van der Waals surface area contributed by atoms with Crippen molar-refractivity contribution in [1.29, 1.82) is 0 Å². The molecule has 4 aromatic rings. The molecule has 0 fully saturated rings. The second-order valence-electron chi connectivity index (χ2n) is 6.59. The summed E-state index contributed by atoms with van der Waals surface area (Å²) < 4.78 is 16.5. The van der Waals surface area contributed by atoms with E-state index in [2.05, 4.69) is 15.6 Å². The van der Waals surface area contributed by atoms with Gasteiger partial charge in [0, 0.05) is 11.4 Å². The molecule has 0 aliphatic heterocycles. The van der Waals surface area contributed by atoms with Crippen molar-refractivity contribution in [3.8, 4) is 23.0 Å². The molecule has 1 heterocycles. The van der Waals surface area contributed by atoms with E-state index in [1.807, 2.05) is 54.6 Å². The van der Waals surface area contributed by atoms with Gasteiger partial charge in [-0.05, 0) is 36.4 Å². The number of nitrogens with zero attached hydrogens (tertiary/aromatic N) is 1. The van der Waals surface area contributed by atoms with E-state index < -0.39 is 0 Å². The molecular formula is C24H21N3O4S. The summed E-state index contributed by atoms with van der Waals surface area (Å²) in [5.74, 6) is 2.19. The number of amides is 1. The Morgan fingerprint density at radius 3 is 2.41 bits per heavy atom. The molecular weight excluding hydrogens is 426 g/mol. The number of thiazole rings is 1. The number of nitrogens with one attached hydrogen (secondary N) is 2. The third-order valence-electron chi connectivity index (χ3n) is 4.49. The van der Waals surface area contributed by atoms with Crippen LogP contribution in [0.4, 0.5) is 16.5 Å². The molecule has 0 aliphatic carbocycles. The van der Waals surface area contributed by atoms with Gasteiger partial charge in [-0.1, -0.05) is 30.3 Å². The maximum Gasteiger partial charge on any atom is 0.275 e. The van der Waals surface area contributed by atoms with Crippen molar-refractivity contribution in [2.75, 3.05) is 24.9 Å².